The minimum atomic E-state index is -1.01. The van der Waals surface area contributed by atoms with Crippen molar-refractivity contribution in [1.82, 2.24) is 5.32 Å². The van der Waals surface area contributed by atoms with Crippen LogP contribution in [0, 0.1) is 11.3 Å². The van der Waals surface area contributed by atoms with E-state index in [2.05, 4.69) is 11.4 Å². The second-order valence-corrected chi connectivity index (χ2v) is 6.64. The molecule has 0 spiro atoms. The molecule has 0 aromatic heterocycles. The van der Waals surface area contributed by atoms with E-state index in [0.717, 1.165) is 11.1 Å². The van der Waals surface area contributed by atoms with Gasteiger partial charge in [-0.05, 0) is 23.3 Å². The number of carbonyl (C=O) groups is 1. The lowest BCUT2D eigenvalue weighted by molar-refractivity contribution is 0.0956. The van der Waals surface area contributed by atoms with E-state index < -0.39 is 10.8 Å². The van der Waals surface area contributed by atoms with E-state index in [1.165, 1.54) is 0 Å². The monoisotopic (exact) mass is 326 g/mol. The molecule has 1 amide bonds. The molecular formula is C18H18N2O2S. The van der Waals surface area contributed by atoms with E-state index in [1.54, 1.807) is 18.2 Å². The highest BCUT2D eigenvalue weighted by Crippen LogP contribution is 2.06. The van der Waals surface area contributed by atoms with E-state index in [1.807, 2.05) is 36.4 Å². The second kappa shape index (κ2) is 8.86. The average molecular weight is 326 g/mol. The molecule has 0 saturated carbocycles. The minimum Gasteiger partial charge on any atom is -0.351 e. The highest BCUT2D eigenvalue weighted by molar-refractivity contribution is 7.84. The van der Waals surface area contributed by atoms with Crippen molar-refractivity contribution in [1.29, 1.82) is 5.26 Å². The van der Waals surface area contributed by atoms with Gasteiger partial charge < -0.3 is 5.32 Å². The van der Waals surface area contributed by atoms with Crippen LogP contribution in [-0.2, 0) is 23.0 Å². The number of nitriles is 1. The molecule has 0 radical (unpaired) electrons. The predicted molar refractivity (Wildman–Crippen MR) is 91.2 cm³/mol. The summed E-state index contributed by atoms with van der Waals surface area (Å²) in [6.07, 6.45) is 0.280. The Kier molecular flexibility index (Phi) is 6.52. The number of nitrogens with one attached hydrogen (secondary N) is 1. The van der Waals surface area contributed by atoms with Gasteiger partial charge in [-0.3, -0.25) is 9.00 Å². The molecule has 2 aromatic carbocycles. The first-order valence-corrected chi connectivity index (χ1v) is 8.81. The quantitative estimate of drug-likeness (QED) is 0.849. The third kappa shape index (κ3) is 5.68. The first-order chi connectivity index (χ1) is 11.2. The van der Waals surface area contributed by atoms with Gasteiger partial charge >= 0.3 is 0 Å². The fourth-order valence-electron chi connectivity index (χ4n) is 2.13. The van der Waals surface area contributed by atoms with Crippen molar-refractivity contribution in [3.05, 3.63) is 71.3 Å². The zero-order valence-electron chi connectivity index (χ0n) is 12.7. The lowest BCUT2D eigenvalue weighted by atomic mass is 10.1. The average Bonchev–Trinajstić information content (AvgIpc) is 2.56. The molecule has 0 saturated heterocycles. The Labute approximate surface area is 138 Å². The SMILES string of the molecule is N#CCc1cccc(C(=O)NCCS(=O)Cc2ccccc2)c1. The number of nitrogens with zero attached hydrogens (tertiary/aromatic N) is 1. The summed E-state index contributed by atoms with van der Waals surface area (Å²) in [7, 11) is -1.01. The maximum Gasteiger partial charge on any atom is 0.251 e. The largest absolute Gasteiger partial charge is 0.351 e. The number of carbonyl (C=O) groups excluding carboxylic acids is 1. The molecule has 118 valence electrons. The lowest BCUT2D eigenvalue weighted by Crippen LogP contribution is -2.28. The van der Waals surface area contributed by atoms with Crippen molar-refractivity contribution in [3.63, 3.8) is 0 Å². The Morgan fingerprint density at radius 3 is 2.57 bits per heavy atom. The summed E-state index contributed by atoms with van der Waals surface area (Å²) in [5.74, 6) is 0.703. The van der Waals surface area contributed by atoms with Gasteiger partial charge in [0.15, 0.2) is 0 Å². The van der Waals surface area contributed by atoms with Gasteiger partial charge in [-0.1, -0.05) is 42.5 Å². The van der Waals surface area contributed by atoms with Crippen molar-refractivity contribution < 1.29 is 9.00 Å². The van der Waals surface area contributed by atoms with Gasteiger partial charge in [0.05, 0.1) is 12.5 Å². The van der Waals surface area contributed by atoms with Crippen molar-refractivity contribution in [2.45, 2.75) is 12.2 Å². The predicted octanol–water partition coefficient (Wildman–Crippen LogP) is 2.43. The Balaban J connectivity index is 1.79. The van der Waals surface area contributed by atoms with Crippen molar-refractivity contribution >= 4 is 16.7 Å². The molecule has 0 fully saturated rings. The Bertz CT molecular complexity index is 723. The summed E-state index contributed by atoms with van der Waals surface area (Å²) in [5, 5.41) is 11.5. The summed E-state index contributed by atoms with van der Waals surface area (Å²) in [6, 6.07) is 18.7. The molecule has 5 heteroatoms. The molecule has 0 heterocycles. The van der Waals surface area contributed by atoms with Crippen LogP contribution in [0.25, 0.3) is 0 Å². The summed E-state index contributed by atoms with van der Waals surface area (Å²) in [6.45, 7) is 0.362. The van der Waals surface area contributed by atoms with Gasteiger partial charge in [0, 0.05) is 34.4 Å². The maximum atomic E-state index is 12.0. The molecule has 2 rings (SSSR count). The molecule has 0 aliphatic rings. The zero-order valence-corrected chi connectivity index (χ0v) is 13.5. The topological polar surface area (TPSA) is 70.0 Å². The van der Waals surface area contributed by atoms with Crippen molar-refractivity contribution in [3.8, 4) is 6.07 Å². The highest BCUT2D eigenvalue weighted by Gasteiger charge is 2.07. The normalized spacial score (nSPS) is 11.4. The number of hydrogen-bond acceptors (Lipinski definition) is 3. The van der Waals surface area contributed by atoms with Gasteiger partial charge in [-0.15, -0.1) is 0 Å². The maximum absolute atomic E-state index is 12.0. The van der Waals surface area contributed by atoms with Crippen LogP contribution in [0.1, 0.15) is 21.5 Å². The molecule has 1 N–H and O–H groups in total. The number of rotatable bonds is 7. The molecule has 1 unspecified atom stereocenters. The highest BCUT2D eigenvalue weighted by atomic mass is 32.2. The van der Waals surface area contributed by atoms with Gasteiger partial charge in [-0.25, -0.2) is 0 Å². The fraction of sp³-hybridized carbons (Fsp3) is 0.222. The van der Waals surface area contributed by atoms with Gasteiger partial charge in [0.25, 0.3) is 5.91 Å². The summed E-state index contributed by atoms with van der Waals surface area (Å²) < 4.78 is 12.0. The van der Waals surface area contributed by atoms with E-state index >= 15 is 0 Å². The third-order valence-corrected chi connectivity index (χ3v) is 4.57. The Hall–Kier alpha value is -2.45. The van der Waals surface area contributed by atoms with E-state index in [9.17, 15) is 9.00 Å². The smallest absolute Gasteiger partial charge is 0.251 e. The van der Waals surface area contributed by atoms with Crippen LogP contribution in [0.4, 0.5) is 0 Å². The van der Waals surface area contributed by atoms with Crippen LogP contribution in [0.2, 0.25) is 0 Å². The third-order valence-electron chi connectivity index (χ3n) is 3.26. The van der Waals surface area contributed by atoms with Crippen LogP contribution in [0.15, 0.2) is 54.6 Å². The summed E-state index contributed by atoms with van der Waals surface area (Å²) in [4.78, 5) is 12.0. The van der Waals surface area contributed by atoms with Crippen LogP contribution in [0.3, 0.4) is 0 Å². The number of benzene rings is 2. The molecule has 0 aliphatic carbocycles. The molecular weight excluding hydrogens is 308 g/mol. The molecule has 1 atom stereocenters. The molecule has 2 aromatic rings. The Morgan fingerprint density at radius 2 is 1.83 bits per heavy atom. The van der Waals surface area contributed by atoms with Crippen LogP contribution in [0.5, 0.6) is 0 Å². The Morgan fingerprint density at radius 1 is 1.09 bits per heavy atom. The van der Waals surface area contributed by atoms with E-state index in [-0.39, 0.29) is 12.3 Å². The van der Waals surface area contributed by atoms with Gasteiger partial charge in [-0.2, -0.15) is 5.26 Å². The first kappa shape index (κ1) is 16.9. The molecule has 23 heavy (non-hydrogen) atoms. The van der Waals surface area contributed by atoms with E-state index in [0.29, 0.717) is 23.6 Å². The van der Waals surface area contributed by atoms with Crippen LogP contribution < -0.4 is 5.32 Å². The second-order valence-electron chi connectivity index (χ2n) is 5.07. The fourth-order valence-corrected chi connectivity index (χ4v) is 3.16. The van der Waals surface area contributed by atoms with Crippen molar-refractivity contribution in [2.24, 2.45) is 0 Å². The van der Waals surface area contributed by atoms with Crippen LogP contribution in [-0.4, -0.2) is 22.4 Å². The van der Waals surface area contributed by atoms with Gasteiger partial charge in [0.2, 0.25) is 0 Å². The van der Waals surface area contributed by atoms with Crippen molar-refractivity contribution in [2.75, 3.05) is 12.3 Å². The summed E-state index contributed by atoms with van der Waals surface area (Å²) >= 11 is 0. The van der Waals surface area contributed by atoms with E-state index in [4.69, 9.17) is 5.26 Å². The van der Waals surface area contributed by atoms with Crippen LogP contribution >= 0.6 is 0 Å². The zero-order chi connectivity index (χ0) is 16.5. The first-order valence-electron chi connectivity index (χ1n) is 7.32. The van der Waals surface area contributed by atoms with Gasteiger partial charge in [0.1, 0.15) is 0 Å². The lowest BCUT2D eigenvalue weighted by Gasteiger charge is -2.06. The molecule has 4 nitrogen and oxygen atoms in total. The number of amides is 1. The summed E-state index contributed by atoms with van der Waals surface area (Å²) in [5.41, 5.74) is 2.36. The standard InChI is InChI=1S/C18H18N2O2S/c19-10-9-15-7-4-8-17(13-15)18(21)20-11-12-23(22)14-16-5-2-1-3-6-16/h1-8,13H,9,11-12,14H2,(H,20,21). The molecule has 0 bridgehead atoms. The molecule has 0 aliphatic heterocycles. The minimum absolute atomic E-state index is 0.207. The number of hydrogen-bond donors (Lipinski definition) is 1.